The molecule has 0 spiro atoms. The van der Waals surface area contributed by atoms with Gasteiger partial charge in [-0.25, -0.2) is 4.98 Å². The Balaban J connectivity index is 0.00000216. The summed E-state index contributed by atoms with van der Waals surface area (Å²) in [7, 11) is 2.12. The Bertz CT molecular complexity index is 1370. The zero-order valence-electron chi connectivity index (χ0n) is 18.4. The summed E-state index contributed by atoms with van der Waals surface area (Å²) in [6.45, 7) is 4.28. The monoisotopic (exact) mass is 446 g/mol. The van der Waals surface area contributed by atoms with E-state index in [9.17, 15) is 4.79 Å². The molecule has 4 aromatic rings. The van der Waals surface area contributed by atoms with Gasteiger partial charge in [-0.3, -0.25) is 14.3 Å². The minimum absolute atomic E-state index is 0. The van der Waals surface area contributed by atoms with Crippen molar-refractivity contribution < 1.29 is 0 Å². The third-order valence-electron chi connectivity index (χ3n) is 7.10. The lowest BCUT2D eigenvalue weighted by atomic mass is 9.99. The minimum atomic E-state index is -0.0652. The highest BCUT2D eigenvalue weighted by Gasteiger charge is 2.33. The summed E-state index contributed by atoms with van der Waals surface area (Å²) in [4.78, 5) is 20.5. The normalized spacial score (nSPS) is 17.8. The van der Waals surface area contributed by atoms with Crippen LogP contribution in [-0.4, -0.2) is 31.6 Å². The van der Waals surface area contributed by atoms with E-state index in [0.717, 1.165) is 29.7 Å². The Hall–Kier alpha value is -2.89. The number of hydrogen-bond acceptors (Lipinski definition) is 3. The maximum atomic E-state index is 12.9. The molecule has 1 unspecified atom stereocenters. The highest BCUT2D eigenvalue weighted by atomic mass is 35.5. The largest absolute Gasteiger partial charge is 0.332 e. The fourth-order valence-corrected chi connectivity index (χ4v) is 5.34. The molecule has 2 aliphatic heterocycles. The first-order chi connectivity index (χ1) is 15.1. The second-order valence-electron chi connectivity index (χ2n) is 8.99. The van der Waals surface area contributed by atoms with Crippen LogP contribution in [0.15, 0.2) is 59.5 Å². The Morgan fingerprint density at radius 3 is 2.62 bits per heavy atom. The third kappa shape index (κ3) is 3.28. The lowest BCUT2D eigenvalue weighted by Gasteiger charge is -2.30. The van der Waals surface area contributed by atoms with Gasteiger partial charge in [-0.1, -0.05) is 29.8 Å². The fourth-order valence-electron chi connectivity index (χ4n) is 5.34. The molecule has 0 amide bonds. The molecule has 0 saturated carbocycles. The van der Waals surface area contributed by atoms with Gasteiger partial charge in [0.2, 0.25) is 0 Å². The first kappa shape index (κ1) is 21.0. The molecule has 1 fully saturated rings. The molecule has 1 saturated heterocycles. The molecule has 6 rings (SSSR count). The van der Waals surface area contributed by atoms with Crippen molar-refractivity contribution in [3.05, 3.63) is 81.9 Å². The lowest BCUT2D eigenvalue weighted by Crippen LogP contribution is -2.35. The number of hydrogen-bond donors (Lipinski definition) is 0. The summed E-state index contributed by atoms with van der Waals surface area (Å²) in [5, 5.41) is 1.22. The molecule has 0 bridgehead atoms. The van der Waals surface area contributed by atoms with Gasteiger partial charge in [-0.15, -0.1) is 12.4 Å². The Morgan fingerprint density at radius 2 is 1.84 bits per heavy atom. The molecule has 5 heterocycles. The molecular formula is C26H27ClN4O. The van der Waals surface area contributed by atoms with Gasteiger partial charge in [-0.2, -0.15) is 0 Å². The van der Waals surface area contributed by atoms with Gasteiger partial charge in [-0.05, 0) is 61.2 Å². The van der Waals surface area contributed by atoms with Gasteiger partial charge in [0.25, 0.3) is 5.56 Å². The summed E-state index contributed by atoms with van der Waals surface area (Å²) in [5.41, 5.74) is 6.91. The van der Waals surface area contributed by atoms with Crippen LogP contribution in [0.25, 0.3) is 28.0 Å². The standard InChI is InChI=1S/C26H26N4O.ClH/c1-17-5-7-18(8-6-17)19-11-13-30(25(31)14-19)24-10-9-21-22-16-29-12-3-4-20(29)15-23(22)28(2)26(21)27-24;/h5-11,13-14,20H,3-4,12,15-16H2,1-2H3;1H. The molecule has 164 valence electrons. The SMILES string of the molecule is Cc1ccc(-c2ccn(-c3ccc4c5c(n(C)c4n3)CC3CCCN3C5)c(=O)c2)cc1.Cl. The molecule has 2 aliphatic rings. The number of nitrogens with zero attached hydrogens (tertiary/aromatic N) is 4. The molecule has 0 aliphatic carbocycles. The molecule has 1 atom stereocenters. The van der Waals surface area contributed by atoms with E-state index in [4.69, 9.17) is 4.98 Å². The van der Waals surface area contributed by atoms with Crippen LogP contribution >= 0.6 is 12.4 Å². The van der Waals surface area contributed by atoms with Crippen LogP contribution in [0.3, 0.4) is 0 Å². The molecule has 0 N–H and O–H groups in total. The van der Waals surface area contributed by atoms with Crippen LogP contribution in [0.5, 0.6) is 0 Å². The first-order valence-electron chi connectivity index (χ1n) is 11.1. The fraction of sp³-hybridized carbons (Fsp3) is 0.308. The van der Waals surface area contributed by atoms with Crippen LogP contribution in [0.4, 0.5) is 0 Å². The second kappa shape index (κ2) is 7.91. The van der Waals surface area contributed by atoms with E-state index in [2.05, 4.69) is 53.8 Å². The highest BCUT2D eigenvalue weighted by molar-refractivity contribution is 5.85. The zero-order valence-corrected chi connectivity index (χ0v) is 19.2. The molecule has 0 radical (unpaired) electrons. The summed E-state index contributed by atoms with van der Waals surface area (Å²) in [6, 6.07) is 16.7. The molecule has 3 aromatic heterocycles. The number of rotatable bonds is 2. The summed E-state index contributed by atoms with van der Waals surface area (Å²) < 4.78 is 3.89. The average molecular weight is 447 g/mol. The first-order valence-corrected chi connectivity index (χ1v) is 11.1. The number of fused-ring (bicyclic) bond motifs is 4. The van der Waals surface area contributed by atoms with Gasteiger partial charge in [0.1, 0.15) is 11.5 Å². The van der Waals surface area contributed by atoms with Gasteiger partial charge >= 0.3 is 0 Å². The van der Waals surface area contributed by atoms with Crippen molar-refractivity contribution >= 4 is 23.4 Å². The molecular weight excluding hydrogens is 420 g/mol. The van der Waals surface area contributed by atoms with Crippen molar-refractivity contribution in [1.29, 1.82) is 0 Å². The van der Waals surface area contributed by atoms with Crippen LogP contribution in [0, 0.1) is 6.92 Å². The van der Waals surface area contributed by atoms with Crippen molar-refractivity contribution in [2.45, 2.75) is 38.8 Å². The maximum absolute atomic E-state index is 12.9. The maximum Gasteiger partial charge on any atom is 0.256 e. The van der Waals surface area contributed by atoms with Crippen molar-refractivity contribution in [1.82, 2.24) is 19.0 Å². The minimum Gasteiger partial charge on any atom is -0.332 e. The smallest absolute Gasteiger partial charge is 0.256 e. The molecule has 5 nitrogen and oxygen atoms in total. The van der Waals surface area contributed by atoms with E-state index in [1.807, 2.05) is 18.3 Å². The van der Waals surface area contributed by atoms with E-state index in [1.165, 1.54) is 41.6 Å². The van der Waals surface area contributed by atoms with Crippen molar-refractivity contribution in [3.63, 3.8) is 0 Å². The van der Waals surface area contributed by atoms with E-state index in [0.29, 0.717) is 11.9 Å². The Kier molecular flexibility index (Phi) is 5.19. The quantitative estimate of drug-likeness (QED) is 0.450. The summed E-state index contributed by atoms with van der Waals surface area (Å²) in [5.74, 6) is 0.673. The van der Waals surface area contributed by atoms with Crippen molar-refractivity contribution in [2.24, 2.45) is 7.05 Å². The predicted octanol–water partition coefficient (Wildman–Crippen LogP) is 4.64. The topological polar surface area (TPSA) is 43.1 Å². The van der Waals surface area contributed by atoms with E-state index in [-0.39, 0.29) is 18.0 Å². The Morgan fingerprint density at radius 1 is 1.03 bits per heavy atom. The number of pyridine rings is 2. The molecule has 6 heteroatoms. The number of halogens is 1. The molecule has 32 heavy (non-hydrogen) atoms. The van der Waals surface area contributed by atoms with Gasteiger partial charge in [0, 0.05) is 49.4 Å². The van der Waals surface area contributed by atoms with Crippen molar-refractivity contribution in [2.75, 3.05) is 6.54 Å². The average Bonchev–Trinajstić information content (AvgIpc) is 3.35. The lowest BCUT2D eigenvalue weighted by molar-refractivity contribution is 0.225. The van der Waals surface area contributed by atoms with Crippen LogP contribution < -0.4 is 5.56 Å². The van der Waals surface area contributed by atoms with Crippen molar-refractivity contribution in [3.8, 4) is 16.9 Å². The van der Waals surface area contributed by atoms with E-state index >= 15 is 0 Å². The number of aromatic nitrogens is 3. The summed E-state index contributed by atoms with van der Waals surface area (Å²) in [6.07, 6.45) is 5.54. The molecule has 1 aromatic carbocycles. The second-order valence-corrected chi connectivity index (χ2v) is 8.99. The number of benzene rings is 1. The Labute approximate surface area is 193 Å². The van der Waals surface area contributed by atoms with Crippen LogP contribution in [0.1, 0.15) is 29.7 Å². The van der Waals surface area contributed by atoms with Gasteiger partial charge < -0.3 is 4.57 Å². The van der Waals surface area contributed by atoms with Crippen LogP contribution in [0.2, 0.25) is 0 Å². The van der Waals surface area contributed by atoms with E-state index in [1.54, 1.807) is 10.6 Å². The van der Waals surface area contributed by atoms with Gasteiger partial charge in [0.15, 0.2) is 0 Å². The zero-order chi connectivity index (χ0) is 21.1. The highest BCUT2D eigenvalue weighted by Crippen LogP contribution is 2.35. The van der Waals surface area contributed by atoms with Crippen LogP contribution in [-0.2, 0) is 20.0 Å². The number of aryl methyl sites for hydroxylation is 2. The third-order valence-corrected chi connectivity index (χ3v) is 7.10. The predicted molar refractivity (Wildman–Crippen MR) is 131 cm³/mol. The van der Waals surface area contributed by atoms with Gasteiger partial charge in [0.05, 0.1) is 0 Å². The summed E-state index contributed by atoms with van der Waals surface area (Å²) >= 11 is 0. The van der Waals surface area contributed by atoms with E-state index < -0.39 is 0 Å².